The molecular formula is C26H21FN2O4. The minimum atomic E-state index is -1.07. The fourth-order valence-corrected chi connectivity index (χ4v) is 4.47. The number of aliphatic hydroxyl groups excluding tert-OH is 1. The van der Waals surface area contributed by atoms with Crippen molar-refractivity contribution < 1.29 is 23.8 Å². The van der Waals surface area contributed by atoms with E-state index in [4.69, 9.17) is 4.74 Å². The molecule has 0 saturated carbocycles. The molecule has 2 atom stereocenters. The van der Waals surface area contributed by atoms with E-state index in [0.717, 1.165) is 16.9 Å². The summed E-state index contributed by atoms with van der Waals surface area (Å²) in [5, 5.41) is 11.2. The summed E-state index contributed by atoms with van der Waals surface area (Å²) in [5.74, 6) is -1.81. The van der Waals surface area contributed by atoms with Crippen molar-refractivity contribution >= 4 is 17.4 Å². The highest BCUT2D eigenvalue weighted by molar-refractivity contribution is 6.46. The molecule has 2 aromatic carbocycles. The van der Waals surface area contributed by atoms with Gasteiger partial charge in [-0.2, -0.15) is 0 Å². The van der Waals surface area contributed by atoms with Gasteiger partial charge in [-0.15, -0.1) is 0 Å². The molecular weight excluding hydrogens is 423 g/mol. The van der Waals surface area contributed by atoms with E-state index in [1.54, 1.807) is 48.8 Å². The molecule has 33 heavy (non-hydrogen) atoms. The Bertz CT molecular complexity index is 1290. The van der Waals surface area contributed by atoms with Gasteiger partial charge in [-0.25, -0.2) is 4.39 Å². The van der Waals surface area contributed by atoms with Crippen molar-refractivity contribution in [3.8, 4) is 5.75 Å². The molecule has 2 aliphatic rings. The first-order valence-electron chi connectivity index (χ1n) is 10.7. The Hall–Kier alpha value is -4.00. The lowest BCUT2D eigenvalue weighted by atomic mass is 9.94. The number of benzene rings is 2. The van der Waals surface area contributed by atoms with Gasteiger partial charge >= 0.3 is 0 Å². The largest absolute Gasteiger partial charge is 0.507 e. The average molecular weight is 444 g/mol. The second kappa shape index (κ2) is 8.16. The van der Waals surface area contributed by atoms with Crippen molar-refractivity contribution in [1.29, 1.82) is 0 Å². The van der Waals surface area contributed by atoms with Crippen LogP contribution in [0.25, 0.3) is 5.76 Å². The van der Waals surface area contributed by atoms with Gasteiger partial charge in [-0.3, -0.25) is 14.6 Å². The van der Waals surface area contributed by atoms with Crippen LogP contribution in [0.15, 0.2) is 72.6 Å². The summed E-state index contributed by atoms with van der Waals surface area (Å²) in [5.41, 5.74) is 2.03. The van der Waals surface area contributed by atoms with Crippen LogP contribution in [-0.4, -0.2) is 32.8 Å². The number of fused-ring (bicyclic) bond motifs is 1. The Morgan fingerprint density at radius 2 is 1.91 bits per heavy atom. The number of aromatic nitrogens is 1. The number of carbonyl (C=O) groups is 2. The van der Waals surface area contributed by atoms with E-state index >= 15 is 0 Å². The summed E-state index contributed by atoms with van der Waals surface area (Å²) in [7, 11) is 0. The number of rotatable bonds is 4. The lowest BCUT2D eigenvalue weighted by Gasteiger charge is -2.25. The van der Waals surface area contributed by atoms with Crippen LogP contribution < -0.4 is 4.74 Å². The zero-order valence-corrected chi connectivity index (χ0v) is 17.9. The predicted octanol–water partition coefficient (Wildman–Crippen LogP) is 4.17. The van der Waals surface area contributed by atoms with E-state index in [1.807, 2.05) is 6.92 Å². The Labute approximate surface area is 190 Å². The third-order valence-corrected chi connectivity index (χ3v) is 6.01. The van der Waals surface area contributed by atoms with Crippen LogP contribution in [-0.2, 0) is 22.6 Å². The first-order chi connectivity index (χ1) is 15.9. The number of aliphatic hydroxyl groups is 1. The Morgan fingerprint density at radius 1 is 1.15 bits per heavy atom. The molecule has 6 nitrogen and oxygen atoms in total. The van der Waals surface area contributed by atoms with Crippen LogP contribution in [0, 0.1) is 5.82 Å². The molecule has 7 heteroatoms. The molecule has 0 spiro atoms. The fraction of sp³-hybridized carbons (Fsp3) is 0.192. The highest BCUT2D eigenvalue weighted by Crippen LogP contribution is 2.42. The molecule has 0 bridgehead atoms. The van der Waals surface area contributed by atoms with Gasteiger partial charge in [0.15, 0.2) is 0 Å². The Balaban J connectivity index is 1.65. The molecule has 1 saturated heterocycles. The van der Waals surface area contributed by atoms with Crippen LogP contribution in [0.1, 0.15) is 35.2 Å². The highest BCUT2D eigenvalue weighted by atomic mass is 19.1. The maximum atomic E-state index is 14.9. The van der Waals surface area contributed by atoms with E-state index in [-0.39, 0.29) is 29.5 Å². The van der Waals surface area contributed by atoms with Gasteiger partial charge in [-0.05, 0) is 54.4 Å². The van der Waals surface area contributed by atoms with Gasteiger partial charge in [0.2, 0.25) is 0 Å². The number of amides is 1. The second-order valence-corrected chi connectivity index (χ2v) is 8.26. The zero-order valence-electron chi connectivity index (χ0n) is 17.9. The number of likely N-dealkylation sites (tertiary alicyclic amines) is 1. The zero-order chi connectivity index (χ0) is 23.1. The van der Waals surface area contributed by atoms with Gasteiger partial charge in [0, 0.05) is 36.5 Å². The molecule has 5 rings (SSSR count). The summed E-state index contributed by atoms with van der Waals surface area (Å²) in [6.45, 7) is 2.01. The molecule has 1 N–H and O–H groups in total. The quantitative estimate of drug-likeness (QED) is 0.371. The average Bonchev–Trinajstić information content (AvgIpc) is 3.31. The topological polar surface area (TPSA) is 79.7 Å². The van der Waals surface area contributed by atoms with Crippen LogP contribution in [0.3, 0.4) is 0 Å². The molecule has 2 unspecified atom stereocenters. The van der Waals surface area contributed by atoms with Gasteiger partial charge in [0.25, 0.3) is 11.7 Å². The summed E-state index contributed by atoms with van der Waals surface area (Å²) in [6, 6.07) is 13.5. The molecule has 3 heterocycles. The molecule has 0 radical (unpaired) electrons. The van der Waals surface area contributed by atoms with Crippen molar-refractivity contribution in [3.05, 3.63) is 101 Å². The first kappa shape index (κ1) is 20.9. The summed E-state index contributed by atoms with van der Waals surface area (Å²) >= 11 is 0. The number of nitrogens with zero attached hydrogens (tertiary/aromatic N) is 2. The van der Waals surface area contributed by atoms with Crippen LogP contribution in [0.2, 0.25) is 0 Å². The van der Waals surface area contributed by atoms with Crippen molar-refractivity contribution in [1.82, 2.24) is 9.88 Å². The number of carbonyl (C=O) groups excluding carboxylic acids is 2. The van der Waals surface area contributed by atoms with Crippen LogP contribution >= 0.6 is 0 Å². The third-order valence-electron chi connectivity index (χ3n) is 6.01. The standard InChI is InChI=1S/C26H21FN2O4/c1-15-12-18-13-17(6-7-21(18)33-15)24(30)22-23(19-4-2-3-5-20(19)27)29(26(32)25(22)31)14-16-8-10-28-11-9-16/h2-11,13,15,23,30H,12,14H2,1H3. The second-order valence-electron chi connectivity index (χ2n) is 8.26. The SMILES string of the molecule is CC1Cc2cc(C(O)=C3C(=O)C(=O)N(Cc4ccncc4)C3c3ccccc3F)ccc2O1. The number of halogens is 1. The van der Waals surface area contributed by atoms with Gasteiger partial charge in [0.05, 0.1) is 11.6 Å². The van der Waals surface area contributed by atoms with Crippen molar-refractivity contribution in [2.45, 2.75) is 32.0 Å². The van der Waals surface area contributed by atoms with Gasteiger partial charge in [-0.1, -0.05) is 18.2 Å². The lowest BCUT2D eigenvalue weighted by molar-refractivity contribution is -0.140. The van der Waals surface area contributed by atoms with Crippen LogP contribution in [0.4, 0.5) is 4.39 Å². The first-order valence-corrected chi connectivity index (χ1v) is 10.7. The Kier molecular flexibility index (Phi) is 5.17. The molecule has 1 fully saturated rings. The van der Waals surface area contributed by atoms with E-state index in [0.29, 0.717) is 12.0 Å². The van der Waals surface area contributed by atoms with Crippen molar-refractivity contribution in [3.63, 3.8) is 0 Å². The number of ketones is 1. The molecule has 0 aliphatic carbocycles. The number of ether oxygens (including phenoxy) is 1. The predicted molar refractivity (Wildman–Crippen MR) is 119 cm³/mol. The molecule has 2 aliphatic heterocycles. The Morgan fingerprint density at radius 3 is 2.67 bits per heavy atom. The minimum absolute atomic E-state index is 0.0155. The van der Waals surface area contributed by atoms with E-state index in [2.05, 4.69) is 4.98 Å². The van der Waals surface area contributed by atoms with Gasteiger partial charge < -0.3 is 14.7 Å². The van der Waals surface area contributed by atoms with Crippen molar-refractivity contribution in [2.75, 3.05) is 0 Å². The number of pyridine rings is 1. The lowest BCUT2D eigenvalue weighted by Crippen LogP contribution is -2.29. The van der Waals surface area contributed by atoms with Gasteiger partial charge in [0.1, 0.15) is 23.4 Å². The molecule has 166 valence electrons. The third kappa shape index (κ3) is 3.65. The number of hydrogen-bond acceptors (Lipinski definition) is 5. The van der Waals surface area contributed by atoms with Crippen molar-refractivity contribution in [2.24, 2.45) is 0 Å². The van der Waals surface area contributed by atoms with E-state index in [1.165, 1.54) is 23.1 Å². The summed E-state index contributed by atoms with van der Waals surface area (Å²) in [6.07, 6.45) is 3.85. The minimum Gasteiger partial charge on any atom is -0.507 e. The maximum Gasteiger partial charge on any atom is 0.295 e. The maximum absolute atomic E-state index is 14.9. The van der Waals surface area contributed by atoms with E-state index < -0.39 is 23.5 Å². The van der Waals surface area contributed by atoms with Crippen LogP contribution in [0.5, 0.6) is 5.75 Å². The fourth-order valence-electron chi connectivity index (χ4n) is 4.47. The number of hydrogen-bond donors (Lipinski definition) is 1. The smallest absolute Gasteiger partial charge is 0.295 e. The summed E-state index contributed by atoms with van der Waals surface area (Å²) < 4.78 is 20.6. The molecule has 1 aromatic heterocycles. The number of Topliss-reactive ketones (excluding diaryl/α,β-unsaturated/α-hetero) is 1. The molecule has 1 amide bonds. The monoisotopic (exact) mass is 444 g/mol. The highest BCUT2D eigenvalue weighted by Gasteiger charge is 2.47. The molecule has 3 aromatic rings. The van der Waals surface area contributed by atoms with E-state index in [9.17, 15) is 19.1 Å². The summed E-state index contributed by atoms with van der Waals surface area (Å²) in [4.78, 5) is 31.5. The normalized spacial score (nSPS) is 21.2.